The Labute approximate surface area is 187 Å². The number of esters is 1. The van der Waals surface area contributed by atoms with Gasteiger partial charge in [-0.1, -0.05) is 17.4 Å². The molecule has 0 N–H and O–H groups in total. The summed E-state index contributed by atoms with van der Waals surface area (Å²) < 4.78 is 28.6. The monoisotopic (exact) mass is 456 g/mol. The number of carbonyl (C=O) groups excluding carboxylic acids is 2. The number of ether oxygens (including phenoxy) is 5. The fourth-order valence-corrected chi connectivity index (χ4v) is 4.19. The normalized spacial score (nSPS) is 13.0. The van der Waals surface area contributed by atoms with Crippen LogP contribution >= 0.6 is 11.3 Å². The first kappa shape index (κ1) is 21.4. The molecule has 0 radical (unpaired) electrons. The molecule has 1 aliphatic heterocycles. The van der Waals surface area contributed by atoms with Gasteiger partial charge in [-0.2, -0.15) is 4.99 Å². The van der Waals surface area contributed by atoms with Gasteiger partial charge in [0.2, 0.25) is 6.79 Å². The van der Waals surface area contributed by atoms with E-state index in [-0.39, 0.29) is 13.3 Å². The van der Waals surface area contributed by atoms with Crippen molar-refractivity contribution in [3.05, 3.63) is 46.8 Å². The Hall–Kier alpha value is -3.79. The third-order valence-electron chi connectivity index (χ3n) is 4.72. The van der Waals surface area contributed by atoms with Gasteiger partial charge in [0.1, 0.15) is 6.54 Å². The number of methoxy groups -OCH3 is 3. The molecule has 1 aromatic heterocycles. The molecule has 0 atom stereocenters. The summed E-state index contributed by atoms with van der Waals surface area (Å²) in [7, 11) is 4.40. The van der Waals surface area contributed by atoms with Gasteiger partial charge in [0, 0.05) is 18.2 Å². The molecule has 0 saturated heterocycles. The minimum Gasteiger partial charge on any atom is -0.493 e. The Morgan fingerprint density at radius 3 is 2.56 bits per heavy atom. The van der Waals surface area contributed by atoms with E-state index < -0.39 is 11.9 Å². The number of carbonyl (C=O) groups is 2. The predicted molar refractivity (Wildman–Crippen MR) is 117 cm³/mol. The van der Waals surface area contributed by atoms with Crippen LogP contribution in [0.25, 0.3) is 16.3 Å². The summed E-state index contributed by atoms with van der Waals surface area (Å²) in [5.41, 5.74) is 1.44. The topological polar surface area (TPSA) is 97.6 Å². The van der Waals surface area contributed by atoms with Gasteiger partial charge in [0.25, 0.3) is 5.91 Å². The van der Waals surface area contributed by atoms with Crippen LogP contribution in [0, 0.1) is 0 Å². The lowest BCUT2D eigenvalue weighted by Gasteiger charge is -2.07. The summed E-state index contributed by atoms with van der Waals surface area (Å²) in [5.74, 6) is 1.38. The maximum Gasteiger partial charge on any atom is 0.325 e. The second kappa shape index (κ2) is 9.15. The zero-order chi connectivity index (χ0) is 22.7. The highest BCUT2D eigenvalue weighted by Gasteiger charge is 2.19. The molecule has 2 heterocycles. The summed E-state index contributed by atoms with van der Waals surface area (Å²) in [6, 6.07) is 8.86. The lowest BCUT2D eigenvalue weighted by molar-refractivity contribution is -0.141. The summed E-state index contributed by atoms with van der Waals surface area (Å²) in [5, 5.41) is 0. The van der Waals surface area contributed by atoms with E-state index in [0.29, 0.717) is 33.3 Å². The highest BCUT2D eigenvalue weighted by molar-refractivity contribution is 7.16. The smallest absolute Gasteiger partial charge is 0.325 e. The van der Waals surface area contributed by atoms with Crippen molar-refractivity contribution in [1.82, 2.24) is 4.57 Å². The molecule has 10 heteroatoms. The van der Waals surface area contributed by atoms with Crippen molar-refractivity contribution in [2.75, 3.05) is 28.1 Å². The van der Waals surface area contributed by atoms with Gasteiger partial charge >= 0.3 is 5.97 Å². The molecule has 3 aromatic rings. The van der Waals surface area contributed by atoms with Gasteiger partial charge < -0.3 is 28.3 Å². The van der Waals surface area contributed by atoms with Crippen LogP contribution in [0.15, 0.2) is 41.4 Å². The van der Waals surface area contributed by atoms with E-state index in [1.807, 2.05) is 0 Å². The van der Waals surface area contributed by atoms with Crippen LogP contribution in [0.1, 0.15) is 5.56 Å². The molecule has 0 spiro atoms. The van der Waals surface area contributed by atoms with Crippen LogP contribution in [0.2, 0.25) is 0 Å². The molecule has 0 saturated carbocycles. The molecule has 1 amide bonds. The Bertz CT molecular complexity index is 1290. The molecule has 2 aromatic carbocycles. The van der Waals surface area contributed by atoms with E-state index in [1.165, 1.54) is 24.5 Å². The second-order valence-electron chi connectivity index (χ2n) is 6.62. The highest BCUT2D eigenvalue weighted by atomic mass is 32.1. The predicted octanol–water partition coefficient (Wildman–Crippen LogP) is 2.76. The Kier molecular flexibility index (Phi) is 6.13. The van der Waals surface area contributed by atoms with Crippen LogP contribution in [-0.2, 0) is 20.9 Å². The van der Waals surface area contributed by atoms with Crippen molar-refractivity contribution in [2.24, 2.45) is 4.99 Å². The molecule has 0 aliphatic carbocycles. The van der Waals surface area contributed by atoms with Gasteiger partial charge in [-0.15, -0.1) is 0 Å². The van der Waals surface area contributed by atoms with Crippen molar-refractivity contribution >= 4 is 39.5 Å². The first-order chi connectivity index (χ1) is 15.5. The maximum absolute atomic E-state index is 12.6. The molecule has 4 rings (SSSR count). The number of rotatable bonds is 6. The SMILES string of the molecule is COC(=O)Cn1c(=NC(=O)C=Cc2ccc(OC)c(OC)c2)sc2cc3c(cc21)OCO3. The van der Waals surface area contributed by atoms with Crippen LogP contribution in [0.4, 0.5) is 0 Å². The van der Waals surface area contributed by atoms with E-state index in [2.05, 4.69) is 4.99 Å². The van der Waals surface area contributed by atoms with Gasteiger partial charge in [-0.05, 0) is 23.8 Å². The number of thiazole rings is 1. The average molecular weight is 456 g/mol. The Morgan fingerprint density at radius 1 is 1.09 bits per heavy atom. The summed E-state index contributed by atoms with van der Waals surface area (Å²) in [6.07, 6.45) is 2.97. The number of nitrogens with zero attached hydrogens (tertiary/aromatic N) is 2. The molecular formula is C22H20N2O7S. The molecular weight excluding hydrogens is 436 g/mol. The number of amides is 1. The minimum atomic E-state index is -0.481. The van der Waals surface area contributed by atoms with Crippen LogP contribution in [-0.4, -0.2) is 44.6 Å². The molecule has 9 nitrogen and oxygen atoms in total. The van der Waals surface area contributed by atoms with Crippen molar-refractivity contribution in [3.63, 3.8) is 0 Å². The molecule has 0 unspecified atom stereocenters. The first-order valence-electron chi connectivity index (χ1n) is 9.51. The third-order valence-corrected chi connectivity index (χ3v) is 5.76. The second-order valence-corrected chi connectivity index (χ2v) is 7.63. The minimum absolute atomic E-state index is 0.0956. The number of aromatic nitrogens is 1. The van der Waals surface area contributed by atoms with E-state index in [1.54, 1.807) is 55.2 Å². The van der Waals surface area contributed by atoms with Crippen molar-refractivity contribution < 1.29 is 33.3 Å². The third kappa shape index (κ3) is 4.30. The van der Waals surface area contributed by atoms with Crippen molar-refractivity contribution in [3.8, 4) is 23.0 Å². The maximum atomic E-state index is 12.6. The summed E-state index contributed by atoms with van der Waals surface area (Å²) in [6.45, 7) is 0.0436. The van der Waals surface area contributed by atoms with Crippen molar-refractivity contribution in [1.29, 1.82) is 0 Å². The largest absolute Gasteiger partial charge is 0.493 e. The zero-order valence-corrected chi connectivity index (χ0v) is 18.4. The standard InChI is InChI=1S/C22H20N2O7S/c1-27-15-6-4-13(8-16(15)28-2)5-7-20(25)23-22-24(11-21(26)29-3)14-9-17-18(31-12-30-17)10-19(14)32-22/h4-10H,11-12H2,1-3H3. The number of hydrogen-bond acceptors (Lipinski definition) is 8. The summed E-state index contributed by atoms with van der Waals surface area (Å²) in [4.78, 5) is 29.1. The van der Waals surface area contributed by atoms with E-state index in [9.17, 15) is 9.59 Å². The summed E-state index contributed by atoms with van der Waals surface area (Å²) >= 11 is 1.27. The van der Waals surface area contributed by atoms with Crippen LogP contribution in [0.3, 0.4) is 0 Å². The number of benzene rings is 2. The van der Waals surface area contributed by atoms with Crippen LogP contribution in [0.5, 0.6) is 23.0 Å². The van der Waals surface area contributed by atoms with Crippen molar-refractivity contribution in [2.45, 2.75) is 6.54 Å². The first-order valence-corrected chi connectivity index (χ1v) is 10.3. The van der Waals surface area contributed by atoms with Gasteiger partial charge in [-0.3, -0.25) is 9.59 Å². The Morgan fingerprint density at radius 2 is 1.84 bits per heavy atom. The lowest BCUT2D eigenvalue weighted by Crippen LogP contribution is -2.22. The molecule has 1 aliphatic rings. The number of fused-ring (bicyclic) bond motifs is 2. The molecule has 32 heavy (non-hydrogen) atoms. The lowest BCUT2D eigenvalue weighted by atomic mass is 10.2. The Balaban J connectivity index is 1.69. The number of hydrogen-bond donors (Lipinski definition) is 0. The van der Waals surface area contributed by atoms with Crippen LogP contribution < -0.4 is 23.7 Å². The highest BCUT2D eigenvalue weighted by Crippen LogP contribution is 2.37. The van der Waals surface area contributed by atoms with Gasteiger partial charge in [0.05, 0.1) is 31.5 Å². The van der Waals surface area contributed by atoms with E-state index >= 15 is 0 Å². The quantitative estimate of drug-likeness (QED) is 0.416. The van der Waals surface area contributed by atoms with Gasteiger partial charge in [0.15, 0.2) is 27.8 Å². The van der Waals surface area contributed by atoms with E-state index in [4.69, 9.17) is 23.7 Å². The molecule has 166 valence electrons. The van der Waals surface area contributed by atoms with E-state index in [0.717, 1.165) is 10.3 Å². The molecule has 0 bridgehead atoms. The average Bonchev–Trinajstić information content (AvgIpc) is 3.39. The fraction of sp³-hybridized carbons (Fsp3) is 0.227. The fourth-order valence-electron chi connectivity index (χ4n) is 3.15. The van der Waals surface area contributed by atoms with Gasteiger partial charge in [-0.25, -0.2) is 0 Å². The zero-order valence-electron chi connectivity index (χ0n) is 17.6. The molecule has 0 fully saturated rings.